The van der Waals surface area contributed by atoms with Gasteiger partial charge in [0.05, 0.1) is 12.1 Å². The molecule has 4 rings (SSSR count). The van der Waals surface area contributed by atoms with Gasteiger partial charge >= 0.3 is 5.97 Å². The standard InChI is InChI=1S/C26H23N3O4S/c1-17-13-22(18(2)29(17)28-25(32)19-9-5-3-6-10-19)23(30)15-33-24(31)14-21-16-34-26(27-21)20-11-7-4-8-12-20/h3-13,16H,14-15H2,1-2H3,(H,28,32). The summed E-state index contributed by atoms with van der Waals surface area (Å²) in [6.45, 7) is 3.13. The molecule has 0 fully saturated rings. The molecule has 0 aliphatic rings. The van der Waals surface area contributed by atoms with Gasteiger partial charge in [-0.2, -0.15) is 0 Å². The number of aromatic nitrogens is 2. The molecular formula is C26H23N3O4S. The summed E-state index contributed by atoms with van der Waals surface area (Å²) in [6, 6.07) is 20.2. The first kappa shape index (κ1) is 23.1. The maximum absolute atomic E-state index is 12.7. The third-order valence-electron chi connectivity index (χ3n) is 5.24. The molecule has 172 valence electrons. The molecule has 0 saturated heterocycles. The first-order valence-electron chi connectivity index (χ1n) is 10.7. The number of ketones is 1. The Morgan fingerprint density at radius 3 is 2.38 bits per heavy atom. The van der Waals surface area contributed by atoms with E-state index in [9.17, 15) is 14.4 Å². The van der Waals surface area contributed by atoms with E-state index in [0.717, 1.165) is 10.6 Å². The first-order chi connectivity index (χ1) is 16.4. The monoisotopic (exact) mass is 473 g/mol. The number of carbonyl (C=O) groups is 3. The predicted octanol–water partition coefficient (Wildman–Crippen LogP) is 4.58. The molecule has 1 N–H and O–H groups in total. The second kappa shape index (κ2) is 10.3. The molecule has 0 atom stereocenters. The lowest BCUT2D eigenvalue weighted by atomic mass is 10.1. The Morgan fingerprint density at radius 2 is 1.68 bits per heavy atom. The van der Waals surface area contributed by atoms with Crippen LogP contribution < -0.4 is 5.43 Å². The number of esters is 1. The van der Waals surface area contributed by atoms with Crippen molar-refractivity contribution in [2.75, 3.05) is 12.0 Å². The Hall–Kier alpha value is -4.04. The van der Waals surface area contributed by atoms with Gasteiger partial charge in [-0.3, -0.25) is 24.5 Å². The summed E-state index contributed by atoms with van der Waals surface area (Å²) in [7, 11) is 0. The predicted molar refractivity (Wildman–Crippen MR) is 131 cm³/mol. The van der Waals surface area contributed by atoms with Crippen molar-refractivity contribution in [1.82, 2.24) is 9.66 Å². The van der Waals surface area contributed by atoms with Crippen molar-refractivity contribution >= 4 is 29.0 Å². The summed E-state index contributed by atoms with van der Waals surface area (Å²) in [4.78, 5) is 42.0. The minimum absolute atomic E-state index is 0.0111. The van der Waals surface area contributed by atoms with Crippen molar-refractivity contribution in [1.29, 1.82) is 0 Å². The van der Waals surface area contributed by atoms with E-state index in [2.05, 4.69) is 10.4 Å². The van der Waals surface area contributed by atoms with E-state index in [1.165, 1.54) is 11.3 Å². The van der Waals surface area contributed by atoms with Crippen LogP contribution in [0.15, 0.2) is 72.1 Å². The van der Waals surface area contributed by atoms with Crippen molar-refractivity contribution < 1.29 is 19.1 Å². The highest BCUT2D eigenvalue weighted by molar-refractivity contribution is 7.13. The fourth-order valence-corrected chi connectivity index (χ4v) is 4.32. The lowest BCUT2D eigenvalue weighted by Gasteiger charge is -2.11. The zero-order chi connectivity index (χ0) is 24.1. The van der Waals surface area contributed by atoms with E-state index < -0.39 is 5.97 Å². The molecule has 34 heavy (non-hydrogen) atoms. The second-order valence-corrected chi connectivity index (χ2v) is 8.56. The molecule has 4 aromatic rings. The minimum Gasteiger partial charge on any atom is -0.457 e. The van der Waals surface area contributed by atoms with Crippen LogP contribution in [0.5, 0.6) is 0 Å². The van der Waals surface area contributed by atoms with Gasteiger partial charge in [-0.25, -0.2) is 4.98 Å². The van der Waals surface area contributed by atoms with Crippen LogP contribution in [0, 0.1) is 13.8 Å². The molecule has 0 aliphatic carbocycles. The largest absolute Gasteiger partial charge is 0.457 e. The van der Waals surface area contributed by atoms with Crippen LogP contribution in [0.25, 0.3) is 10.6 Å². The Balaban J connectivity index is 1.35. The second-order valence-electron chi connectivity index (χ2n) is 7.70. The highest BCUT2D eigenvalue weighted by Gasteiger charge is 2.19. The summed E-state index contributed by atoms with van der Waals surface area (Å²) in [5, 5.41) is 2.64. The lowest BCUT2D eigenvalue weighted by molar-refractivity contribution is -0.141. The van der Waals surface area contributed by atoms with Gasteiger partial charge in [-0.05, 0) is 32.0 Å². The van der Waals surface area contributed by atoms with Crippen molar-refractivity contribution in [2.45, 2.75) is 20.3 Å². The smallest absolute Gasteiger partial charge is 0.312 e. The topological polar surface area (TPSA) is 90.3 Å². The van der Waals surface area contributed by atoms with Crippen LogP contribution in [0.4, 0.5) is 0 Å². The summed E-state index contributed by atoms with van der Waals surface area (Å²) < 4.78 is 6.77. The molecule has 0 bridgehead atoms. The number of rotatable bonds is 8. The number of hydrogen-bond acceptors (Lipinski definition) is 6. The number of benzene rings is 2. The van der Waals surface area contributed by atoms with Gasteiger partial charge in [0.15, 0.2) is 6.61 Å². The van der Waals surface area contributed by atoms with Gasteiger partial charge in [0, 0.05) is 33.5 Å². The van der Waals surface area contributed by atoms with Gasteiger partial charge in [0.1, 0.15) is 5.01 Å². The normalized spacial score (nSPS) is 10.6. The number of hydrogen-bond donors (Lipinski definition) is 1. The fourth-order valence-electron chi connectivity index (χ4n) is 3.50. The fraction of sp³-hybridized carbons (Fsp3) is 0.154. The number of carbonyl (C=O) groups excluding carboxylic acids is 3. The van der Waals surface area contributed by atoms with Gasteiger partial charge in [0.2, 0.25) is 5.78 Å². The number of nitrogens with zero attached hydrogens (tertiary/aromatic N) is 2. The molecule has 0 saturated carbocycles. The van der Waals surface area contributed by atoms with Gasteiger partial charge in [0.25, 0.3) is 5.91 Å². The van der Waals surface area contributed by atoms with E-state index in [1.807, 2.05) is 41.8 Å². The number of Topliss-reactive ketones (excluding diaryl/α,β-unsaturated/α-hetero) is 1. The Kier molecular flexibility index (Phi) is 6.98. The molecule has 8 heteroatoms. The van der Waals surface area contributed by atoms with Crippen LogP contribution in [-0.4, -0.2) is 33.9 Å². The molecule has 2 heterocycles. The molecule has 0 unspecified atom stereocenters. The average molecular weight is 474 g/mol. The third-order valence-corrected chi connectivity index (χ3v) is 6.18. The molecular weight excluding hydrogens is 450 g/mol. The van der Waals surface area contributed by atoms with Gasteiger partial charge in [-0.15, -0.1) is 11.3 Å². The molecule has 0 spiro atoms. The van der Waals surface area contributed by atoms with Crippen molar-refractivity contribution in [3.63, 3.8) is 0 Å². The highest BCUT2D eigenvalue weighted by Crippen LogP contribution is 2.23. The van der Waals surface area contributed by atoms with E-state index in [0.29, 0.717) is 28.2 Å². The van der Waals surface area contributed by atoms with Crippen LogP contribution in [0.1, 0.15) is 37.8 Å². The molecule has 1 amide bonds. The molecule has 0 radical (unpaired) electrons. The van der Waals surface area contributed by atoms with E-state index in [1.54, 1.807) is 48.9 Å². The SMILES string of the molecule is Cc1cc(C(=O)COC(=O)Cc2csc(-c3ccccc3)n2)c(C)n1NC(=O)c1ccccc1. The first-order valence-corrected chi connectivity index (χ1v) is 11.5. The van der Waals surface area contributed by atoms with Crippen molar-refractivity contribution in [3.05, 3.63) is 100 Å². The maximum Gasteiger partial charge on any atom is 0.312 e. The summed E-state index contributed by atoms with van der Waals surface area (Å²) >= 11 is 1.45. The Labute approximate surface area is 201 Å². The zero-order valence-electron chi connectivity index (χ0n) is 18.8. The van der Waals surface area contributed by atoms with Crippen LogP contribution >= 0.6 is 11.3 Å². The van der Waals surface area contributed by atoms with Crippen LogP contribution in [0.2, 0.25) is 0 Å². The van der Waals surface area contributed by atoms with Crippen molar-refractivity contribution in [2.24, 2.45) is 0 Å². The van der Waals surface area contributed by atoms with E-state index >= 15 is 0 Å². The quantitative estimate of drug-likeness (QED) is 0.299. The molecule has 2 aromatic carbocycles. The van der Waals surface area contributed by atoms with E-state index in [4.69, 9.17) is 4.74 Å². The average Bonchev–Trinajstić information content (AvgIpc) is 3.43. The van der Waals surface area contributed by atoms with Crippen LogP contribution in [0.3, 0.4) is 0 Å². The number of thiazole rings is 1. The molecule has 2 aromatic heterocycles. The van der Waals surface area contributed by atoms with Gasteiger partial charge < -0.3 is 4.74 Å². The third kappa shape index (κ3) is 5.29. The number of aryl methyl sites for hydroxylation is 1. The highest BCUT2D eigenvalue weighted by atomic mass is 32.1. The summed E-state index contributed by atoms with van der Waals surface area (Å²) in [6.07, 6.45) is -0.0111. The number of ether oxygens (including phenoxy) is 1. The number of amides is 1. The summed E-state index contributed by atoms with van der Waals surface area (Å²) in [5.41, 5.74) is 6.53. The maximum atomic E-state index is 12.7. The summed E-state index contributed by atoms with van der Waals surface area (Å²) in [5.74, 6) is -1.15. The molecule has 7 nitrogen and oxygen atoms in total. The van der Waals surface area contributed by atoms with Crippen molar-refractivity contribution in [3.8, 4) is 10.6 Å². The number of nitrogens with one attached hydrogen (secondary N) is 1. The minimum atomic E-state index is -0.524. The Bertz CT molecular complexity index is 1330. The van der Waals surface area contributed by atoms with E-state index in [-0.39, 0.29) is 24.7 Å². The Morgan fingerprint density at radius 1 is 1.00 bits per heavy atom. The van der Waals surface area contributed by atoms with Gasteiger partial charge in [-0.1, -0.05) is 48.5 Å². The molecule has 0 aliphatic heterocycles. The lowest BCUT2D eigenvalue weighted by Crippen LogP contribution is -2.25. The van der Waals surface area contributed by atoms with Crippen LogP contribution in [-0.2, 0) is 16.0 Å². The zero-order valence-corrected chi connectivity index (χ0v) is 19.6.